The third-order valence-corrected chi connectivity index (χ3v) is 2.31. The molecule has 0 spiro atoms. The first-order valence-electron chi connectivity index (χ1n) is 5.72. The average Bonchev–Trinajstić information content (AvgIpc) is 2.91. The fraction of sp³-hybridized carbons (Fsp3) is 0.818. The Hall–Kier alpha value is -1.10. The standard InChI is InChI=1S/C11H21N3O2/c1-11(2,12)7-9(15)13-5-6-14-10(16)8-3-4-8/h8H,3-7,12H2,1-2H3,(H,13,15)(H,14,16). The van der Waals surface area contributed by atoms with E-state index in [4.69, 9.17) is 5.73 Å². The molecule has 0 radical (unpaired) electrons. The summed E-state index contributed by atoms with van der Waals surface area (Å²) in [5.74, 6) is 0.250. The van der Waals surface area contributed by atoms with Gasteiger partial charge >= 0.3 is 0 Å². The van der Waals surface area contributed by atoms with Gasteiger partial charge in [0.05, 0.1) is 0 Å². The van der Waals surface area contributed by atoms with Crippen LogP contribution < -0.4 is 16.4 Å². The molecule has 1 saturated carbocycles. The fourth-order valence-corrected chi connectivity index (χ4v) is 1.35. The van der Waals surface area contributed by atoms with Gasteiger partial charge in [-0.25, -0.2) is 0 Å². The van der Waals surface area contributed by atoms with E-state index >= 15 is 0 Å². The molecule has 0 atom stereocenters. The number of nitrogens with one attached hydrogen (secondary N) is 2. The Bertz CT molecular complexity index is 267. The highest BCUT2D eigenvalue weighted by Gasteiger charge is 2.29. The van der Waals surface area contributed by atoms with Gasteiger partial charge < -0.3 is 16.4 Å². The zero-order chi connectivity index (χ0) is 12.2. The van der Waals surface area contributed by atoms with E-state index in [1.54, 1.807) is 13.8 Å². The number of hydrogen-bond acceptors (Lipinski definition) is 3. The van der Waals surface area contributed by atoms with Crippen molar-refractivity contribution in [3.63, 3.8) is 0 Å². The zero-order valence-electron chi connectivity index (χ0n) is 10.0. The molecule has 0 unspecified atom stereocenters. The minimum absolute atomic E-state index is 0.0758. The first-order valence-corrected chi connectivity index (χ1v) is 5.72. The molecule has 0 aromatic carbocycles. The van der Waals surface area contributed by atoms with Crippen LogP contribution in [0, 0.1) is 5.92 Å². The lowest BCUT2D eigenvalue weighted by Gasteiger charge is -2.17. The SMILES string of the molecule is CC(C)(N)CC(=O)NCCNC(=O)C1CC1. The van der Waals surface area contributed by atoms with E-state index in [9.17, 15) is 9.59 Å². The number of carbonyl (C=O) groups excluding carboxylic acids is 2. The molecule has 2 amide bonds. The monoisotopic (exact) mass is 227 g/mol. The molecule has 1 fully saturated rings. The summed E-state index contributed by atoms with van der Waals surface area (Å²) in [6.07, 6.45) is 2.29. The highest BCUT2D eigenvalue weighted by atomic mass is 16.2. The summed E-state index contributed by atoms with van der Waals surface area (Å²) in [6, 6.07) is 0. The van der Waals surface area contributed by atoms with Crippen molar-refractivity contribution in [2.45, 2.75) is 38.6 Å². The van der Waals surface area contributed by atoms with Crippen molar-refractivity contribution in [3.8, 4) is 0 Å². The van der Waals surface area contributed by atoms with E-state index in [2.05, 4.69) is 10.6 Å². The molecular formula is C11H21N3O2. The van der Waals surface area contributed by atoms with Crippen LogP contribution in [-0.2, 0) is 9.59 Å². The zero-order valence-corrected chi connectivity index (χ0v) is 10.0. The van der Waals surface area contributed by atoms with Crippen LogP contribution in [0.1, 0.15) is 33.1 Å². The summed E-state index contributed by atoms with van der Waals surface area (Å²) in [6.45, 7) is 4.57. The lowest BCUT2D eigenvalue weighted by atomic mass is 10.0. The van der Waals surface area contributed by atoms with Crippen molar-refractivity contribution in [2.75, 3.05) is 13.1 Å². The highest BCUT2D eigenvalue weighted by Crippen LogP contribution is 2.28. The van der Waals surface area contributed by atoms with Crippen molar-refractivity contribution in [1.82, 2.24) is 10.6 Å². The maximum Gasteiger partial charge on any atom is 0.223 e. The van der Waals surface area contributed by atoms with Crippen LogP contribution in [0.4, 0.5) is 0 Å². The molecule has 0 heterocycles. The first-order chi connectivity index (χ1) is 7.38. The van der Waals surface area contributed by atoms with Crippen LogP contribution in [0.25, 0.3) is 0 Å². The molecule has 0 saturated heterocycles. The second kappa shape index (κ2) is 5.30. The van der Waals surface area contributed by atoms with Gasteiger partial charge in [0.2, 0.25) is 11.8 Å². The molecule has 4 N–H and O–H groups in total. The molecule has 5 heteroatoms. The maximum atomic E-state index is 11.3. The highest BCUT2D eigenvalue weighted by molar-refractivity contribution is 5.81. The summed E-state index contributed by atoms with van der Waals surface area (Å²) in [4.78, 5) is 22.6. The van der Waals surface area contributed by atoms with Gasteiger partial charge in [0.15, 0.2) is 0 Å². The van der Waals surface area contributed by atoms with Crippen LogP contribution in [0.3, 0.4) is 0 Å². The molecule has 0 aliphatic heterocycles. The van der Waals surface area contributed by atoms with Gasteiger partial charge in [-0.2, -0.15) is 0 Å². The second-order valence-corrected chi connectivity index (χ2v) is 5.08. The van der Waals surface area contributed by atoms with Gasteiger partial charge in [0.25, 0.3) is 0 Å². The van der Waals surface area contributed by atoms with Crippen molar-refractivity contribution >= 4 is 11.8 Å². The van der Waals surface area contributed by atoms with E-state index in [1.165, 1.54) is 0 Å². The summed E-state index contributed by atoms with van der Waals surface area (Å²) in [5, 5.41) is 5.50. The van der Waals surface area contributed by atoms with Gasteiger partial charge in [-0.1, -0.05) is 0 Å². The fourth-order valence-electron chi connectivity index (χ4n) is 1.35. The van der Waals surface area contributed by atoms with E-state index in [-0.39, 0.29) is 17.7 Å². The first kappa shape index (κ1) is 13.0. The number of rotatable bonds is 6. The van der Waals surface area contributed by atoms with Gasteiger partial charge in [0, 0.05) is 31.0 Å². The maximum absolute atomic E-state index is 11.3. The molecule has 16 heavy (non-hydrogen) atoms. The van der Waals surface area contributed by atoms with Crippen molar-refractivity contribution in [1.29, 1.82) is 0 Å². The van der Waals surface area contributed by atoms with E-state index in [0.29, 0.717) is 19.5 Å². The Morgan fingerprint density at radius 3 is 2.31 bits per heavy atom. The Labute approximate surface area is 96.1 Å². The number of amides is 2. The van der Waals surface area contributed by atoms with E-state index < -0.39 is 5.54 Å². The lowest BCUT2D eigenvalue weighted by Crippen LogP contribution is -2.41. The topological polar surface area (TPSA) is 84.2 Å². The molecule has 0 aromatic rings. The van der Waals surface area contributed by atoms with Gasteiger partial charge in [-0.15, -0.1) is 0 Å². The van der Waals surface area contributed by atoms with Crippen molar-refractivity contribution in [2.24, 2.45) is 11.7 Å². The average molecular weight is 227 g/mol. The molecule has 1 rings (SSSR count). The molecule has 0 aromatic heterocycles. The molecular weight excluding hydrogens is 206 g/mol. The number of carbonyl (C=O) groups is 2. The largest absolute Gasteiger partial charge is 0.354 e. The number of nitrogens with two attached hydrogens (primary N) is 1. The molecule has 92 valence electrons. The second-order valence-electron chi connectivity index (χ2n) is 5.08. The molecule has 0 bridgehead atoms. The lowest BCUT2D eigenvalue weighted by molar-refractivity contribution is -0.124. The summed E-state index contributed by atoms with van der Waals surface area (Å²) in [5.41, 5.74) is 5.22. The molecule has 5 nitrogen and oxygen atoms in total. The molecule has 1 aliphatic carbocycles. The van der Waals surface area contributed by atoms with Crippen LogP contribution >= 0.6 is 0 Å². The third-order valence-electron chi connectivity index (χ3n) is 2.31. The van der Waals surface area contributed by atoms with Crippen molar-refractivity contribution < 1.29 is 9.59 Å². The minimum Gasteiger partial charge on any atom is -0.354 e. The van der Waals surface area contributed by atoms with E-state index in [1.807, 2.05) is 0 Å². The predicted molar refractivity (Wildman–Crippen MR) is 61.6 cm³/mol. The van der Waals surface area contributed by atoms with Crippen LogP contribution in [0.2, 0.25) is 0 Å². The van der Waals surface area contributed by atoms with Gasteiger partial charge in [-0.05, 0) is 26.7 Å². The summed E-state index contributed by atoms with van der Waals surface area (Å²) >= 11 is 0. The summed E-state index contributed by atoms with van der Waals surface area (Å²) < 4.78 is 0. The molecule has 1 aliphatic rings. The predicted octanol–water partition coefficient (Wildman–Crippen LogP) is -0.244. The Morgan fingerprint density at radius 2 is 1.81 bits per heavy atom. The number of hydrogen-bond donors (Lipinski definition) is 3. The quantitative estimate of drug-likeness (QED) is 0.547. The van der Waals surface area contributed by atoms with E-state index in [0.717, 1.165) is 12.8 Å². The normalized spacial score (nSPS) is 15.7. The Kier molecular flexibility index (Phi) is 4.29. The van der Waals surface area contributed by atoms with Crippen molar-refractivity contribution in [3.05, 3.63) is 0 Å². The van der Waals surface area contributed by atoms with Crippen LogP contribution in [0.5, 0.6) is 0 Å². The Morgan fingerprint density at radius 1 is 1.25 bits per heavy atom. The van der Waals surface area contributed by atoms with Crippen LogP contribution in [0.15, 0.2) is 0 Å². The minimum atomic E-state index is -0.485. The summed E-state index contributed by atoms with van der Waals surface area (Å²) in [7, 11) is 0. The van der Waals surface area contributed by atoms with Gasteiger partial charge in [0.1, 0.15) is 0 Å². The van der Waals surface area contributed by atoms with Gasteiger partial charge in [-0.3, -0.25) is 9.59 Å². The Balaban J connectivity index is 2.02. The third kappa shape index (κ3) is 5.70. The van der Waals surface area contributed by atoms with Crippen LogP contribution in [-0.4, -0.2) is 30.4 Å². The smallest absolute Gasteiger partial charge is 0.223 e.